The molecule has 0 saturated heterocycles. The fraction of sp³-hybridized carbons (Fsp3) is 0.188. The lowest BCUT2D eigenvalue weighted by Gasteiger charge is -2.14. The Kier molecular flexibility index (Phi) is 4.62. The summed E-state index contributed by atoms with van der Waals surface area (Å²) in [5, 5.41) is 9.35. The van der Waals surface area contributed by atoms with Gasteiger partial charge < -0.3 is 10.5 Å². The Balaban J connectivity index is 2.19. The molecule has 0 unspecified atom stereocenters. The van der Waals surface area contributed by atoms with E-state index in [0.717, 1.165) is 22.4 Å². The molecule has 0 aromatic heterocycles. The van der Waals surface area contributed by atoms with Gasteiger partial charge in [0.2, 0.25) is 0 Å². The highest BCUT2D eigenvalue weighted by molar-refractivity contribution is 6.31. The smallest absolute Gasteiger partial charge is 0.127 e. The molecule has 2 N–H and O–H groups in total. The standard InChI is InChI=1S/C16H15ClN2O/c1-11-3-2-4-13(9-19)16(11)20-10-14-6-5-12(8-18)7-15(14)17/h2-7H,9-10,19H2,1H3. The monoisotopic (exact) mass is 286 g/mol. The third-order valence-corrected chi connectivity index (χ3v) is 3.42. The molecule has 4 heteroatoms. The minimum absolute atomic E-state index is 0.350. The number of rotatable bonds is 4. The summed E-state index contributed by atoms with van der Waals surface area (Å²) < 4.78 is 5.85. The summed E-state index contributed by atoms with van der Waals surface area (Å²) in [4.78, 5) is 0. The first-order valence-corrected chi connectivity index (χ1v) is 6.63. The van der Waals surface area contributed by atoms with Gasteiger partial charge in [-0.2, -0.15) is 5.26 Å². The average molecular weight is 287 g/mol. The Morgan fingerprint density at radius 1 is 1.25 bits per heavy atom. The van der Waals surface area contributed by atoms with Crippen LogP contribution >= 0.6 is 11.6 Å². The highest BCUT2D eigenvalue weighted by Crippen LogP contribution is 2.25. The molecule has 0 radical (unpaired) electrons. The highest BCUT2D eigenvalue weighted by atomic mass is 35.5. The molecule has 2 aromatic rings. The zero-order chi connectivity index (χ0) is 14.5. The van der Waals surface area contributed by atoms with Crippen LogP contribution in [0.15, 0.2) is 36.4 Å². The zero-order valence-electron chi connectivity index (χ0n) is 11.2. The van der Waals surface area contributed by atoms with E-state index in [4.69, 9.17) is 27.3 Å². The number of nitrogens with zero attached hydrogens (tertiary/aromatic N) is 1. The number of benzene rings is 2. The van der Waals surface area contributed by atoms with Crippen molar-refractivity contribution in [3.05, 3.63) is 63.7 Å². The van der Waals surface area contributed by atoms with E-state index in [1.807, 2.05) is 25.1 Å². The molecule has 102 valence electrons. The van der Waals surface area contributed by atoms with Crippen molar-refractivity contribution in [2.45, 2.75) is 20.1 Å². The Morgan fingerprint density at radius 3 is 2.70 bits per heavy atom. The first-order valence-electron chi connectivity index (χ1n) is 6.25. The van der Waals surface area contributed by atoms with Crippen molar-refractivity contribution >= 4 is 11.6 Å². The summed E-state index contributed by atoms with van der Waals surface area (Å²) in [5.74, 6) is 0.801. The van der Waals surface area contributed by atoms with Gasteiger partial charge in [0, 0.05) is 22.7 Å². The molecule has 0 atom stereocenters. The van der Waals surface area contributed by atoms with E-state index in [2.05, 4.69) is 6.07 Å². The van der Waals surface area contributed by atoms with Crippen molar-refractivity contribution in [3.8, 4) is 11.8 Å². The number of para-hydroxylation sites is 1. The molecule has 0 bridgehead atoms. The highest BCUT2D eigenvalue weighted by Gasteiger charge is 2.08. The predicted molar refractivity (Wildman–Crippen MR) is 79.6 cm³/mol. The van der Waals surface area contributed by atoms with E-state index in [1.54, 1.807) is 18.2 Å². The normalized spacial score (nSPS) is 10.1. The Labute approximate surface area is 123 Å². The van der Waals surface area contributed by atoms with Crippen LogP contribution in [-0.2, 0) is 13.2 Å². The lowest BCUT2D eigenvalue weighted by molar-refractivity contribution is 0.301. The van der Waals surface area contributed by atoms with Crippen LogP contribution in [0, 0.1) is 18.3 Å². The van der Waals surface area contributed by atoms with Crippen LogP contribution in [0.5, 0.6) is 5.75 Å². The van der Waals surface area contributed by atoms with Crippen LogP contribution in [0.1, 0.15) is 22.3 Å². The van der Waals surface area contributed by atoms with E-state index in [0.29, 0.717) is 23.7 Å². The molecule has 0 aliphatic rings. The summed E-state index contributed by atoms with van der Waals surface area (Å²) in [6.07, 6.45) is 0. The second-order valence-electron chi connectivity index (χ2n) is 4.47. The van der Waals surface area contributed by atoms with Gasteiger partial charge in [-0.25, -0.2) is 0 Å². The molecular weight excluding hydrogens is 272 g/mol. The molecule has 2 aromatic carbocycles. The van der Waals surface area contributed by atoms with Gasteiger partial charge in [-0.3, -0.25) is 0 Å². The molecule has 0 aliphatic carbocycles. The summed E-state index contributed by atoms with van der Waals surface area (Å²) in [5.41, 5.74) is 9.10. The van der Waals surface area contributed by atoms with Crippen molar-refractivity contribution < 1.29 is 4.74 Å². The first kappa shape index (κ1) is 14.4. The maximum atomic E-state index is 8.81. The second-order valence-corrected chi connectivity index (χ2v) is 4.88. The van der Waals surface area contributed by atoms with Gasteiger partial charge in [0.25, 0.3) is 0 Å². The number of ether oxygens (including phenoxy) is 1. The molecule has 0 amide bonds. The number of hydrogen-bond acceptors (Lipinski definition) is 3. The fourth-order valence-corrected chi connectivity index (χ4v) is 2.20. The maximum absolute atomic E-state index is 8.81. The quantitative estimate of drug-likeness (QED) is 0.935. The van der Waals surface area contributed by atoms with Gasteiger partial charge in [-0.15, -0.1) is 0 Å². The van der Waals surface area contributed by atoms with Gasteiger partial charge in [0.15, 0.2) is 0 Å². The lowest BCUT2D eigenvalue weighted by atomic mass is 10.1. The minimum atomic E-state index is 0.350. The zero-order valence-corrected chi connectivity index (χ0v) is 11.9. The average Bonchev–Trinajstić information content (AvgIpc) is 2.46. The second kappa shape index (κ2) is 6.42. The van der Waals surface area contributed by atoms with Crippen LogP contribution in [0.3, 0.4) is 0 Å². The van der Waals surface area contributed by atoms with Crippen LogP contribution < -0.4 is 10.5 Å². The molecular formula is C16H15ClN2O. The molecule has 0 aliphatic heterocycles. The van der Waals surface area contributed by atoms with E-state index < -0.39 is 0 Å². The Morgan fingerprint density at radius 2 is 2.05 bits per heavy atom. The van der Waals surface area contributed by atoms with Gasteiger partial charge in [-0.05, 0) is 24.6 Å². The molecule has 20 heavy (non-hydrogen) atoms. The summed E-state index contributed by atoms with van der Waals surface area (Å²) in [6.45, 7) is 2.76. The molecule has 0 heterocycles. The van der Waals surface area contributed by atoms with E-state index in [9.17, 15) is 0 Å². The summed E-state index contributed by atoms with van der Waals surface area (Å²) in [6, 6.07) is 13.1. The first-order chi connectivity index (χ1) is 9.65. The number of hydrogen-bond donors (Lipinski definition) is 1. The van der Waals surface area contributed by atoms with Gasteiger partial charge in [0.1, 0.15) is 12.4 Å². The molecule has 2 rings (SSSR count). The third kappa shape index (κ3) is 3.11. The maximum Gasteiger partial charge on any atom is 0.127 e. The van der Waals surface area contributed by atoms with Gasteiger partial charge >= 0.3 is 0 Å². The SMILES string of the molecule is Cc1cccc(CN)c1OCc1ccc(C#N)cc1Cl. The van der Waals surface area contributed by atoms with Crippen molar-refractivity contribution in [2.75, 3.05) is 0 Å². The van der Waals surface area contributed by atoms with Crippen LogP contribution in [0.2, 0.25) is 5.02 Å². The van der Waals surface area contributed by atoms with Crippen molar-refractivity contribution in [1.29, 1.82) is 5.26 Å². The van der Waals surface area contributed by atoms with E-state index >= 15 is 0 Å². The number of nitrogens with two attached hydrogens (primary N) is 1. The van der Waals surface area contributed by atoms with Gasteiger partial charge in [0.05, 0.1) is 11.6 Å². The Bertz CT molecular complexity index is 662. The lowest BCUT2D eigenvalue weighted by Crippen LogP contribution is -2.04. The molecule has 0 saturated carbocycles. The summed E-state index contributed by atoms with van der Waals surface area (Å²) in [7, 11) is 0. The van der Waals surface area contributed by atoms with Crippen molar-refractivity contribution in [2.24, 2.45) is 5.73 Å². The largest absolute Gasteiger partial charge is 0.488 e. The minimum Gasteiger partial charge on any atom is -0.488 e. The van der Waals surface area contributed by atoms with Crippen LogP contribution in [0.25, 0.3) is 0 Å². The molecule has 3 nitrogen and oxygen atoms in total. The topological polar surface area (TPSA) is 59.0 Å². The number of aryl methyl sites for hydroxylation is 1. The van der Waals surface area contributed by atoms with Crippen molar-refractivity contribution in [1.82, 2.24) is 0 Å². The van der Waals surface area contributed by atoms with Gasteiger partial charge in [-0.1, -0.05) is 35.9 Å². The Hall–Kier alpha value is -2.02. The molecule has 0 fully saturated rings. The van der Waals surface area contributed by atoms with Crippen LogP contribution in [-0.4, -0.2) is 0 Å². The van der Waals surface area contributed by atoms with Crippen molar-refractivity contribution in [3.63, 3.8) is 0 Å². The van der Waals surface area contributed by atoms with E-state index in [1.165, 1.54) is 0 Å². The number of nitriles is 1. The predicted octanol–water partition coefficient (Wildman–Crippen LogP) is 3.56. The fourth-order valence-electron chi connectivity index (χ4n) is 1.96. The summed E-state index contributed by atoms with van der Waals surface area (Å²) >= 11 is 6.13. The molecule has 0 spiro atoms. The van der Waals surface area contributed by atoms with E-state index in [-0.39, 0.29) is 0 Å². The van der Waals surface area contributed by atoms with Crippen LogP contribution in [0.4, 0.5) is 0 Å². The number of halogens is 1. The third-order valence-electron chi connectivity index (χ3n) is 3.07.